The maximum atomic E-state index is 11.1. The van der Waals surface area contributed by atoms with Crippen molar-refractivity contribution in [2.24, 2.45) is 0 Å². The molecule has 0 unspecified atom stereocenters. The molecule has 2 rings (SSSR count). The normalized spacial score (nSPS) is 16.9. The van der Waals surface area contributed by atoms with Crippen molar-refractivity contribution < 1.29 is 14.6 Å². The molecule has 1 fully saturated rings. The highest BCUT2D eigenvalue weighted by Crippen LogP contribution is 2.35. The van der Waals surface area contributed by atoms with Crippen LogP contribution in [0.2, 0.25) is 0 Å². The molecular formula is C14H21N3O3. The maximum Gasteiger partial charge on any atom is 0.305 e. The van der Waals surface area contributed by atoms with Crippen LogP contribution in [0, 0.1) is 6.92 Å². The highest BCUT2D eigenvalue weighted by atomic mass is 16.5. The Morgan fingerprint density at radius 3 is 2.75 bits per heavy atom. The summed E-state index contributed by atoms with van der Waals surface area (Å²) >= 11 is 0. The third-order valence-electron chi connectivity index (χ3n) is 3.55. The largest absolute Gasteiger partial charge is 0.481 e. The number of rotatable bonds is 6. The Hall–Kier alpha value is -1.85. The number of nitrogens with zero attached hydrogens (tertiary/aromatic N) is 2. The number of anilines is 1. The number of carboxylic acids is 1. The second-order valence-electron chi connectivity index (χ2n) is 5.29. The lowest BCUT2D eigenvalue weighted by Gasteiger charge is -2.28. The predicted octanol–water partition coefficient (Wildman–Crippen LogP) is 2.38. The molecule has 6 heteroatoms. The molecule has 0 saturated heterocycles. The van der Waals surface area contributed by atoms with Gasteiger partial charge >= 0.3 is 5.97 Å². The monoisotopic (exact) mass is 279 g/mol. The Morgan fingerprint density at radius 1 is 1.45 bits per heavy atom. The standard InChI is InChI=1S/C14H21N3O3/c1-3-20-11-8-10(2)15-13(16-11)17-14(9-12(18)19)6-4-5-7-14/h8H,3-7,9H2,1-2H3,(H,18,19)(H,15,16,17). The summed E-state index contributed by atoms with van der Waals surface area (Å²) in [5, 5.41) is 12.3. The Kier molecular flexibility index (Phi) is 4.42. The number of hydrogen-bond acceptors (Lipinski definition) is 5. The van der Waals surface area contributed by atoms with Crippen LogP contribution in [0.5, 0.6) is 5.88 Å². The van der Waals surface area contributed by atoms with Crippen LogP contribution >= 0.6 is 0 Å². The molecule has 6 nitrogen and oxygen atoms in total. The molecule has 0 atom stereocenters. The van der Waals surface area contributed by atoms with E-state index in [2.05, 4.69) is 15.3 Å². The summed E-state index contributed by atoms with van der Waals surface area (Å²) in [6.07, 6.45) is 3.82. The Morgan fingerprint density at radius 2 is 2.15 bits per heavy atom. The van der Waals surface area contributed by atoms with Crippen LogP contribution in [0.3, 0.4) is 0 Å². The van der Waals surface area contributed by atoms with Gasteiger partial charge in [0.2, 0.25) is 11.8 Å². The van der Waals surface area contributed by atoms with Gasteiger partial charge < -0.3 is 15.2 Å². The molecule has 0 bridgehead atoms. The minimum atomic E-state index is -0.794. The summed E-state index contributed by atoms with van der Waals surface area (Å²) in [7, 11) is 0. The van der Waals surface area contributed by atoms with Crippen molar-refractivity contribution in [3.63, 3.8) is 0 Å². The summed E-state index contributed by atoms with van der Waals surface area (Å²) in [5.74, 6) is 0.180. The van der Waals surface area contributed by atoms with Gasteiger partial charge in [-0.15, -0.1) is 0 Å². The molecular weight excluding hydrogens is 258 g/mol. The molecule has 0 amide bonds. The summed E-state index contributed by atoms with van der Waals surface area (Å²) < 4.78 is 5.40. The van der Waals surface area contributed by atoms with Gasteiger partial charge in [-0.2, -0.15) is 4.98 Å². The van der Waals surface area contributed by atoms with Crippen molar-refractivity contribution in [2.75, 3.05) is 11.9 Å². The van der Waals surface area contributed by atoms with Crippen molar-refractivity contribution in [3.05, 3.63) is 11.8 Å². The van der Waals surface area contributed by atoms with E-state index < -0.39 is 11.5 Å². The van der Waals surface area contributed by atoms with Crippen LogP contribution in [-0.4, -0.2) is 33.2 Å². The topological polar surface area (TPSA) is 84.3 Å². The SMILES string of the molecule is CCOc1cc(C)nc(NC2(CC(=O)O)CCCC2)n1. The number of aromatic nitrogens is 2. The van der Waals surface area contributed by atoms with Gasteiger partial charge in [-0.3, -0.25) is 4.79 Å². The molecule has 1 heterocycles. The molecule has 0 spiro atoms. The van der Waals surface area contributed by atoms with E-state index in [0.29, 0.717) is 18.4 Å². The van der Waals surface area contributed by atoms with Crippen LogP contribution in [0.25, 0.3) is 0 Å². The summed E-state index contributed by atoms with van der Waals surface area (Å²) in [6.45, 7) is 4.30. The number of ether oxygens (including phenoxy) is 1. The van der Waals surface area contributed by atoms with Crippen LogP contribution in [0.1, 0.15) is 44.7 Å². The number of aliphatic carboxylic acids is 1. The van der Waals surface area contributed by atoms with E-state index in [-0.39, 0.29) is 6.42 Å². The number of carbonyl (C=O) groups is 1. The third kappa shape index (κ3) is 3.59. The van der Waals surface area contributed by atoms with Crippen molar-refractivity contribution in [2.45, 2.75) is 51.5 Å². The molecule has 20 heavy (non-hydrogen) atoms. The third-order valence-corrected chi connectivity index (χ3v) is 3.55. The molecule has 1 aliphatic rings. The second-order valence-corrected chi connectivity index (χ2v) is 5.29. The highest BCUT2D eigenvalue weighted by Gasteiger charge is 2.36. The second kappa shape index (κ2) is 6.07. The molecule has 0 aliphatic heterocycles. The number of hydrogen-bond donors (Lipinski definition) is 2. The molecule has 110 valence electrons. The molecule has 0 aromatic carbocycles. The lowest BCUT2D eigenvalue weighted by molar-refractivity contribution is -0.138. The van der Waals surface area contributed by atoms with E-state index in [9.17, 15) is 4.79 Å². The molecule has 0 radical (unpaired) electrons. The van der Waals surface area contributed by atoms with E-state index in [1.54, 1.807) is 6.07 Å². The van der Waals surface area contributed by atoms with E-state index in [1.165, 1.54) is 0 Å². The fourth-order valence-electron chi connectivity index (χ4n) is 2.74. The van der Waals surface area contributed by atoms with Gasteiger partial charge in [0, 0.05) is 11.8 Å². The molecule has 1 aliphatic carbocycles. The number of carboxylic acid groups (broad SMARTS) is 1. The van der Waals surface area contributed by atoms with Gasteiger partial charge in [0.25, 0.3) is 0 Å². The molecule has 2 N–H and O–H groups in total. The summed E-state index contributed by atoms with van der Waals surface area (Å²) in [6, 6.07) is 1.77. The first-order valence-corrected chi connectivity index (χ1v) is 7.01. The number of aryl methyl sites for hydroxylation is 1. The Labute approximate surface area is 118 Å². The average molecular weight is 279 g/mol. The predicted molar refractivity (Wildman–Crippen MR) is 75.0 cm³/mol. The quantitative estimate of drug-likeness (QED) is 0.831. The molecule has 1 aromatic heterocycles. The van der Waals surface area contributed by atoms with Crippen molar-refractivity contribution in [3.8, 4) is 5.88 Å². The van der Waals surface area contributed by atoms with Gasteiger partial charge in [0.05, 0.1) is 18.6 Å². The fraction of sp³-hybridized carbons (Fsp3) is 0.643. The first-order chi connectivity index (χ1) is 9.53. The molecule has 1 saturated carbocycles. The minimum absolute atomic E-state index is 0.0915. The van der Waals surface area contributed by atoms with Crippen molar-refractivity contribution in [1.82, 2.24) is 9.97 Å². The zero-order valence-electron chi connectivity index (χ0n) is 12.0. The van der Waals surface area contributed by atoms with Gasteiger partial charge in [0.1, 0.15) is 0 Å². The van der Waals surface area contributed by atoms with E-state index >= 15 is 0 Å². The minimum Gasteiger partial charge on any atom is -0.481 e. The highest BCUT2D eigenvalue weighted by molar-refractivity contribution is 5.69. The van der Waals surface area contributed by atoms with E-state index in [4.69, 9.17) is 9.84 Å². The van der Waals surface area contributed by atoms with E-state index in [0.717, 1.165) is 31.4 Å². The molecule has 1 aromatic rings. The smallest absolute Gasteiger partial charge is 0.305 e. The Balaban J connectivity index is 2.20. The zero-order valence-corrected chi connectivity index (χ0v) is 12.0. The average Bonchev–Trinajstić information content (AvgIpc) is 2.75. The van der Waals surface area contributed by atoms with Gasteiger partial charge in [-0.1, -0.05) is 12.8 Å². The summed E-state index contributed by atoms with van der Waals surface area (Å²) in [4.78, 5) is 19.7. The number of nitrogens with one attached hydrogen (secondary N) is 1. The van der Waals surface area contributed by atoms with Gasteiger partial charge in [0.15, 0.2) is 0 Å². The maximum absolute atomic E-state index is 11.1. The van der Waals surface area contributed by atoms with Crippen LogP contribution in [-0.2, 0) is 4.79 Å². The first-order valence-electron chi connectivity index (χ1n) is 7.01. The Bertz CT molecular complexity index is 485. The first kappa shape index (κ1) is 14.6. The fourth-order valence-corrected chi connectivity index (χ4v) is 2.74. The van der Waals surface area contributed by atoms with Crippen LogP contribution in [0.15, 0.2) is 6.07 Å². The zero-order chi connectivity index (χ0) is 14.6. The summed E-state index contributed by atoms with van der Waals surface area (Å²) in [5.41, 5.74) is 0.373. The van der Waals surface area contributed by atoms with Crippen LogP contribution < -0.4 is 10.1 Å². The van der Waals surface area contributed by atoms with Gasteiger partial charge in [-0.05, 0) is 26.7 Å². The van der Waals surface area contributed by atoms with Gasteiger partial charge in [-0.25, -0.2) is 4.98 Å². The van der Waals surface area contributed by atoms with Crippen molar-refractivity contribution >= 4 is 11.9 Å². The lowest BCUT2D eigenvalue weighted by atomic mass is 9.93. The lowest BCUT2D eigenvalue weighted by Crippen LogP contribution is -2.38. The van der Waals surface area contributed by atoms with Crippen molar-refractivity contribution in [1.29, 1.82) is 0 Å². The van der Waals surface area contributed by atoms with Crippen LogP contribution in [0.4, 0.5) is 5.95 Å². The van der Waals surface area contributed by atoms with E-state index in [1.807, 2.05) is 13.8 Å².